The molecule has 3 fully saturated rings. The van der Waals surface area contributed by atoms with Gasteiger partial charge in [0.1, 0.15) is 11.6 Å². The van der Waals surface area contributed by atoms with Crippen LogP contribution in [0.1, 0.15) is 30.7 Å². The van der Waals surface area contributed by atoms with Crippen LogP contribution in [0.3, 0.4) is 0 Å². The van der Waals surface area contributed by atoms with Crippen molar-refractivity contribution in [2.24, 2.45) is 0 Å². The minimum Gasteiger partial charge on any atom is -0.376 e. The van der Waals surface area contributed by atoms with Crippen molar-refractivity contribution in [3.8, 4) is 0 Å². The van der Waals surface area contributed by atoms with E-state index >= 15 is 0 Å². The maximum absolute atomic E-state index is 13.9. The van der Waals surface area contributed by atoms with Crippen LogP contribution in [0, 0.1) is 11.6 Å². The lowest BCUT2D eigenvalue weighted by molar-refractivity contribution is -0.132. The van der Waals surface area contributed by atoms with E-state index in [1.165, 1.54) is 18.2 Å². The van der Waals surface area contributed by atoms with E-state index < -0.39 is 11.6 Å². The molecule has 0 aliphatic carbocycles. The Morgan fingerprint density at radius 2 is 2.04 bits per heavy atom. The molecule has 6 heteroatoms. The number of carbonyl (C=O) groups excluding carboxylic acids is 1. The molecule has 0 bridgehead atoms. The van der Waals surface area contributed by atoms with Crippen molar-refractivity contribution in [2.45, 2.75) is 43.4 Å². The molecule has 4 nitrogen and oxygen atoms in total. The molecule has 3 saturated heterocycles. The minimum atomic E-state index is -0.522. The molecule has 4 atom stereocenters. The van der Waals surface area contributed by atoms with Crippen molar-refractivity contribution in [3.05, 3.63) is 35.4 Å². The Morgan fingerprint density at radius 1 is 1.26 bits per heavy atom. The highest BCUT2D eigenvalue weighted by atomic mass is 19.1. The van der Waals surface area contributed by atoms with Gasteiger partial charge in [0.15, 0.2) is 0 Å². The van der Waals surface area contributed by atoms with E-state index in [2.05, 4.69) is 5.32 Å². The fourth-order valence-corrected chi connectivity index (χ4v) is 4.12. The van der Waals surface area contributed by atoms with E-state index in [0.717, 1.165) is 13.0 Å². The number of rotatable bonds is 2. The maximum atomic E-state index is 13.9. The van der Waals surface area contributed by atoms with Gasteiger partial charge >= 0.3 is 0 Å². The van der Waals surface area contributed by atoms with Gasteiger partial charge in [-0.25, -0.2) is 8.78 Å². The summed E-state index contributed by atoms with van der Waals surface area (Å²) in [4.78, 5) is 14.4. The maximum Gasteiger partial charge on any atom is 0.239 e. The standard InChI is InChI=1S/C17H20F2N2O2/c18-11-2-1-3-12(19)16(11)10-4-6-21(9-10)17(22)14-8-15-13(20-14)5-7-23-15/h1-3,10,13-15,20H,4-9H2/t10?,13-,14-,15-/m0/s1. The van der Waals surface area contributed by atoms with Crippen molar-refractivity contribution < 1.29 is 18.3 Å². The summed E-state index contributed by atoms with van der Waals surface area (Å²) in [6.07, 6.45) is 2.36. The van der Waals surface area contributed by atoms with Crippen LogP contribution >= 0.6 is 0 Å². The van der Waals surface area contributed by atoms with Crippen molar-refractivity contribution in [1.29, 1.82) is 0 Å². The number of amides is 1. The van der Waals surface area contributed by atoms with Crippen LogP contribution in [0.25, 0.3) is 0 Å². The summed E-state index contributed by atoms with van der Waals surface area (Å²) >= 11 is 0. The zero-order valence-corrected chi connectivity index (χ0v) is 12.8. The largest absolute Gasteiger partial charge is 0.376 e. The molecule has 3 heterocycles. The summed E-state index contributed by atoms with van der Waals surface area (Å²) in [5.74, 6) is -1.28. The average Bonchev–Trinajstić information content (AvgIpc) is 3.22. The summed E-state index contributed by atoms with van der Waals surface area (Å²) in [7, 11) is 0. The van der Waals surface area contributed by atoms with Crippen LogP contribution in [-0.2, 0) is 9.53 Å². The van der Waals surface area contributed by atoms with Crippen LogP contribution < -0.4 is 5.32 Å². The monoisotopic (exact) mass is 322 g/mol. The normalized spacial score (nSPS) is 33.2. The van der Waals surface area contributed by atoms with Crippen molar-refractivity contribution >= 4 is 5.91 Å². The molecule has 23 heavy (non-hydrogen) atoms. The van der Waals surface area contributed by atoms with Crippen LogP contribution in [0.4, 0.5) is 8.78 Å². The minimum absolute atomic E-state index is 0.0299. The van der Waals surface area contributed by atoms with Gasteiger partial charge in [-0.3, -0.25) is 4.79 Å². The topological polar surface area (TPSA) is 41.6 Å². The number of halogens is 2. The smallest absolute Gasteiger partial charge is 0.239 e. The van der Waals surface area contributed by atoms with Gasteiger partial charge in [0.25, 0.3) is 0 Å². The second-order valence-corrected chi connectivity index (χ2v) is 6.66. The predicted octanol–water partition coefficient (Wildman–Crippen LogP) is 1.80. The summed E-state index contributed by atoms with van der Waals surface area (Å²) in [5, 5.41) is 3.34. The van der Waals surface area contributed by atoms with E-state index in [1.54, 1.807) is 4.90 Å². The summed E-state index contributed by atoms with van der Waals surface area (Å²) in [5.41, 5.74) is 0.113. The number of fused-ring (bicyclic) bond motifs is 1. The molecular weight excluding hydrogens is 302 g/mol. The molecule has 0 radical (unpaired) electrons. The molecule has 0 saturated carbocycles. The van der Waals surface area contributed by atoms with Crippen LogP contribution in [0.5, 0.6) is 0 Å². The lowest BCUT2D eigenvalue weighted by Gasteiger charge is -2.22. The van der Waals surface area contributed by atoms with Gasteiger partial charge in [0, 0.05) is 37.2 Å². The first-order valence-electron chi connectivity index (χ1n) is 8.24. The fourth-order valence-electron chi connectivity index (χ4n) is 4.12. The molecule has 4 rings (SSSR count). The molecule has 3 aliphatic heterocycles. The molecule has 1 aromatic carbocycles. The van der Waals surface area contributed by atoms with E-state index in [0.29, 0.717) is 25.9 Å². The lowest BCUT2D eigenvalue weighted by Crippen LogP contribution is -2.44. The molecule has 1 aromatic rings. The summed E-state index contributed by atoms with van der Waals surface area (Å²) in [6.45, 7) is 1.68. The van der Waals surface area contributed by atoms with E-state index in [4.69, 9.17) is 4.74 Å². The third kappa shape index (κ3) is 2.64. The van der Waals surface area contributed by atoms with Crippen LogP contribution in [0.2, 0.25) is 0 Å². The fraction of sp³-hybridized carbons (Fsp3) is 0.588. The number of hydrogen-bond acceptors (Lipinski definition) is 3. The van der Waals surface area contributed by atoms with Crippen molar-refractivity contribution in [3.63, 3.8) is 0 Å². The highest BCUT2D eigenvalue weighted by Gasteiger charge is 2.43. The lowest BCUT2D eigenvalue weighted by atomic mass is 9.97. The number of ether oxygens (including phenoxy) is 1. The first-order chi connectivity index (χ1) is 11.1. The first kappa shape index (κ1) is 15.0. The third-order valence-electron chi connectivity index (χ3n) is 5.30. The SMILES string of the molecule is O=C([C@@H]1C[C@@H]2OCC[C@@H]2N1)N1CCC(c2c(F)cccc2F)C1. The van der Waals surface area contributed by atoms with E-state index in [1.807, 2.05) is 0 Å². The Morgan fingerprint density at radius 3 is 2.78 bits per heavy atom. The molecule has 0 aromatic heterocycles. The Bertz CT molecular complexity index is 592. The highest BCUT2D eigenvalue weighted by Crippen LogP contribution is 2.32. The highest BCUT2D eigenvalue weighted by molar-refractivity contribution is 5.82. The molecule has 1 unspecified atom stereocenters. The van der Waals surface area contributed by atoms with Crippen molar-refractivity contribution in [1.82, 2.24) is 10.2 Å². The van der Waals surface area contributed by atoms with Crippen molar-refractivity contribution in [2.75, 3.05) is 19.7 Å². The van der Waals surface area contributed by atoms with Gasteiger partial charge in [0.2, 0.25) is 5.91 Å². The molecule has 1 amide bonds. The summed E-state index contributed by atoms with van der Waals surface area (Å²) in [6, 6.07) is 3.97. The summed E-state index contributed by atoms with van der Waals surface area (Å²) < 4.78 is 33.4. The van der Waals surface area contributed by atoms with Crippen LogP contribution in [-0.4, -0.2) is 48.7 Å². The van der Waals surface area contributed by atoms with Gasteiger partial charge in [-0.15, -0.1) is 0 Å². The second-order valence-electron chi connectivity index (χ2n) is 6.66. The molecule has 1 N–H and O–H groups in total. The number of nitrogens with zero attached hydrogens (tertiary/aromatic N) is 1. The van der Waals surface area contributed by atoms with Gasteiger partial charge in [-0.1, -0.05) is 6.07 Å². The number of carbonyl (C=O) groups is 1. The molecule has 3 aliphatic rings. The average molecular weight is 322 g/mol. The quantitative estimate of drug-likeness (QED) is 0.903. The van der Waals surface area contributed by atoms with Gasteiger partial charge < -0.3 is 15.0 Å². The van der Waals surface area contributed by atoms with E-state index in [9.17, 15) is 13.6 Å². The van der Waals surface area contributed by atoms with Gasteiger partial charge in [-0.2, -0.15) is 0 Å². The molecule has 124 valence electrons. The zero-order chi connectivity index (χ0) is 16.0. The Kier molecular flexibility index (Phi) is 3.81. The second kappa shape index (κ2) is 5.83. The van der Waals surface area contributed by atoms with E-state index in [-0.39, 0.29) is 35.6 Å². The first-order valence-corrected chi connectivity index (χ1v) is 8.24. The van der Waals surface area contributed by atoms with Gasteiger partial charge in [0.05, 0.1) is 12.1 Å². The number of likely N-dealkylation sites (tertiary alicyclic amines) is 1. The predicted molar refractivity (Wildman–Crippen MR) is 80.0 cm³/mol. The van der Waals surface area contributed by atoms with Gasteiger partial charge in [-0.05, 0) is 31.4 Å². The zero-order valence-electron chi connectivity index (χ0n) is 12.8. The third-order valence-corrected chi connectivity index (χ3v) is 5.30. The Hall–Kier alpha value is -1.53. The number of hydrogen-bond donors (Lipinski definition) is 1. The molecule has 0 spiro atoms. The Balaban J connectivity index is 1.43. The molecular formula is C17H20F2N2O2. The number of benzene rings is 1. The van der Waals surface area contributed by atoms with Crippen LogP contribution in [0.15, 0.2) is 18.2 Å². The number of nitrogens with one attached hydrogen (secondary N) is 1. The Labute approximate surface area is 133 Å².